The Morgan fingerprint density at radius 1 is 1.03 bits per heavy atom. The third-order valence-electron chi connectivity index (χ3n) is 5.40. The van der Waals surface area contributed by atoms with Crippen molar-refractivity contribution in [2.45, 2.75) is 43.2 Å². The fourth-order valence-corrected chi connectivity index (χ4v) is 5.14. The minimum atomic E-state index is -3.77. The summed E-state index contributed by atoms with van der Waals surface area (Å²) in [6.45, 7) is 9.55. The number of aryl methyl sites for hydroxylation is 1. The van der Waals surface area contributed by atoms with Crippen LogP contribution < -0.4 is 4.90 Å². The molecule has 0 saturated carbocycles. The molecule has 32 heavy (non-hydrogen) atoms. The van der Waals surface area contributed by atoms with Gasteiger partial charge in [-0.2, -0.15) is 5.10 Å². The molecule has 1 aromatic heterocycles. The summed E-state index contributed by atoms with van der Waals surface area (Å²) in [5, 5.41) is 7.65. The average Bonchev–Trinajstić information content (AvgIpc) is 3.18. The molecule has 0 atom stereocenters. The lowest BCUT2D eigenvalue weighted by Crippen LogP contribution is -2.50. The van der Waals surface area contributed by atoms with Crippen LogP contribution in [0.3, 0.4) is 0 Å². The molecule has 2 heterocycles. The zero-order chi connectivity index (χ0) is 23.1. The largest absolute Gasteiger partial charge is 0.444 e. The summed E-state index contributed by atoms with van der Waals surface area (Å²) in [6, 6.07) is 12.3. The molecule has 0 spiro atoms. The zero-order valence-corrected chi connectivity index (χ0v) is 19.6. The van der Waals surface area contributed by atoms with Gasteiger partial charge >= 0.3 is 6.09 Å². The van der Waals surface area contributed by atoms with Crippen LogP contribution in [0.1, 0.15) is 26.3 Å². The fraction of sp³-hybridized carbons (Fsp3) is 0.391. The first kappa shape index (κ1) is 22.1. The average molecular weight is 457 g/mol. The van der Waals surface area contributed by atoms with Gasteiger partial charge in [0.2, 0.25) is 9.84 Å². The van der Waals surface area contributed by atoms with Crippen molar-refractivity contribution in [1.29, 1.82) is 0 Å². The number of H-pyrrole nitrogens is 1. The second kappa shape index (κ2) is 8.12. The van der Waals surface area contributed by atoms with Gasteiger partial charge in [0.25, 0.3) is 0 Å². The smallest absolute Gasteiger partial charge is 0.410 e. The van der Waals surface area contributed by atoms with Crippen molar-refractivity contribution in [2.75, 3.05) is 31.1 Å². The maximum atomic E-state index is 13.4. The molecule has 1 fully saturated rings. The number of aromatic nitrogens is 2. The summed E-state index contributed by atoms with van der Waals surface area (Å²) in [6.07, 6.45) is -0.332. The van der Waals surface area contributed by atoms with Gasteiger partial charge in [-0.15, -0.1) is 0 Å². The number of carbonyl (C=O) groups excluding carboxylic acids is 1. The zero-order valence-electron chi connectivity index (χ0n) is 18.8. The van der Waals surface area contributed by atoms with E-state index in [0.717, 1.165) is 11.3 Å². The minimum Gasteiger partial charge on any atom is -0.444 e. The third kappa shape index (κ3) is 4.29. The number of aromatic amines is 1. The summed E-state index contributed by atoms with van der Waals surface area (Å²) >= 11 is 0. The van der Waals surface area contributed by atoms with Crippen LogP contribution in [0.15, 0.2) is 52.4 Å². The first-order chi connectivity index (χ1) is 15.1. The number of anilines is 1. The van der Waals surface area contributed by atoms with Crippen molar-refractivity contribution in [3.63, 3.8) is 0 Å². The van der Waals surface area contributed by atoms with Crippen LogP contribution in [0.2, 0.25) is 0 Å². The van der Waals surface area contributed by atoms with Crippen LogP contribution >= 0.6 is 0 Å². The van der Waals surface area contributed by atoms with Gasteiger partial charge < -0.3 is 14.5 Å². The van der Waals surface area contributed by atoms with Gasteiger partial charge in [-0.25, -0.2) is 13.2 Å². The highest BCUT2D eigenvalue weighted by atomic mass is 32.2. The van der Waals surface area contributed by atoms with E-state index in [4.69, 9.17) is 4.74 Å². The van der Waals surface area contributed by atoms with Crippen LogP contribution in [0, 0.1) is 6.92 Å². The van der Waals surface area contributed by atoms with E-state index in [0.29, 0.717) is 37.1 Å². The molecule has 1 N–H and O–H groups in total. The van der Waals surface area contributed by atoms with E-state index < -0.39 is 15.4 Å². The van der Waals surface area contributed by atoms with Crippen LogP contribution in [-0.2, 0) is 14.6 Å². The summed E-state index contributed by atoms with van der Waals surface area (Å²) in [5.41, 5.74) is 1.81. The summed E-state index contributed by atoms with van der Waals surface area (Å²) in [7, 11) is -3.77. The number of ether oxygens (including phenoxy) is 1. The Balaban J connectivity index is 1.64. The number of fused-ring (bicyclic) bond motifs is 1. The monoisotopic (exact) mass is 456 g/mol. The van der Waals surface area contributed by atoms with Crippen molar-refractivity contribution in [2.24, 2.45) is 0 Å². The second-order valence-electron chi connectivity index (χ2n) is 8.99. The Morgan fingerprint density at radius 2 is 1.69 bits per heavy atom. The number of nitrogens with zero attached hydrogens (tertiary/aromatic N) is 3. The van der Waals surface area contributed by atoms with E-state index in [2.05, 4.69) is 15.1 Å². The number of rotatable bonds is 3. The molecule has 2 aromatic carbocycles. The lowest BCUT2D eigenvalue weighted by atomic mass is 10.2. The first-order valence-electron chi connectivity index (χ1n) is 10.6. The Labute approximate surface area is 188 Å². The summed E-state index contributed by atoms with van der Waals surface area (Å²) in [4.78, 5) is 16.4. The van der Waals surface area contributed by atoms with Gasteiger partial charge in [0.15, 0.2) is 5.03 Å². The minimum absolute atomic E-state index is 0.0847. The molecule has 0 radical (unpaired) electrons. The molecule has 1 aliphatic heterocycles. The molecule has 1 aliphatic rings. The van der Waals surface area contributed by atoms with Crippen LogP contribution in [-0.4, -0.2) is 61.4 Å². The topological polar surface area (TPSA) is 95.6 Å². The molecule has 0 bridgehead atoms. The third-order valence-corrected chi connectivity index (χ3v) is 7.12. The molecule has 170 valence electrons. The molecule has 9 heteroatoms. The molecular formula is C23H28N4O4S. The lowest BCUT2D eigenvalue weighted by molar-refractivity contribution is 0.0240. The SMILES string of the molecule is Cc1ccc(S(=O)(=O)c2[nH]nc3cccc(N4CCN(C(=O)OC(C)(C)C)CC4)c23)cc1. The van der Waals surface area contributed by atoms with E-state index in [1.54, 1.807) is 35.2 Å². The fourth-order valence-electron chi connectivity index (χ4n) is 3.77. The van der Waals surface area contributed by atoms with Gasteiger partial charge in [0.05, 0.1) is 15.8 Å². The van der Waals surface area contributed by atoms with E-state index in [9.17, 15) is 13.2 Å². The number of piperazine rings is 1. The molecular weight excluding hydrogens is 428 g/mol. The Bertz CT molecular complexity index is 1240. The van der Waals surface area contributed by atoms with Crippen LogP contribution in [0.25, 0.3) is 10.9 Å². The van der Waals surface area contributed by atoms with E-state index >= 15 is 0 Å². The standard InChI is InChI=1S/C23H28N4O4S/c1-16-8-10-17(11-9-16)32(29,30)21-20-18(24-25-21)6-5-7-19(20)26-12-14-27(15-13-26)22(28)31-23(2,3)4/h5-11H,12-15H2,1-4H3,(H,24,25). The predicted molar refractivity (Wildman–Crippen MR) is 123 cm³/mol. The number of benzene rings is 2. The van der Waals surface area contributed by atoms with Gasteiger partial charge in [-0.05, 0) is 52.0 Å². The molecule has 1 amide bonds. The predicted octanol–water partition coefficient (Wildman–Crippen LogP) is 3.76. The molecule has 0 aliphatic carbocycles. The number of carbonyl (C=O) groups is 1. The van der Waals surface area contributed by atoms with E-state index in [1.807, 2.05) is 39.8 Å². The molecule has 1 saturated heterocycles. The number of hydrogen-bond acceptors (Lipinski definition) is 6. The highest BCUT2D eigenvalue weighted by Crippen LogP contribution is 2.34. The molecule has 4 rings (SSSR count). The number of amides is 1. The van der Waals surface area contributed by atoms with E-state index in [-0.39, 0.29) is 16.0 Å². The van der Waals surface area contributed by atoms with Crippen LogP contribution in [0.5, 0.6) is 0 Å². The number of hydrogen-bond donors (Lipinski definition) is 1. The molecule has 3 aromatic rings. The number of nitrogens with one attached hydrogen (secondary N) is 1. The Hall–Kier alpha value is -3.07. The van der Waals surface area contributed by atoms with Crippen molar-refractivity contribution >= 4 is 32.5 Å². The normalized spacial score (nSPS) is 15.2. The van der Waals surface area contributed by atoms with Gasteiger partial charge in [0.1, 0.15) is 5.60 Å². The highest BCUT2D eigenvalue weighted by molar-refractivity contribution is 7.91. The summed E-state index contributed by atoms with van der Waals surface area (Å²) in [5.74, 6) is 0. The highest BCUT2D eigenvalue weighted by Gasteiger charge is 2.29. The Morgan fingerprint density at radius 3 is 2.31 bits per heavy atom. The van der Waals surface area contributed by atoms with Gasteiger partial charge in [-0.1, -0.05) is 23.8 Å². The van der Waals surface area contributed by atoms with Gasteiger partial charge in [0, 0.05) is 31.9 Å². The maximum absolute atomic E-state index is 13.4. The second-order valence-corrected chi connectivity index (χ2v) is 10.9. The lowest BCUT2D eigenvalue weighted by Gasteiger charge is -2.37. The molecule has 8 nitrogen and oxygen atoms in total. The van der Waals surface area contributed by atoms with Crippen molar-refractivity contribution in [3.05, 3.63) is 48.0 Å². The maximum Gasteiger partial charge on any atom is 0.410 e. The van der Waals surface area contributed by atoms with Gasteiger partial charge in [-0.3, -0.25) is 5.10 Å². The summed E-state index contributed by atoms with van der Waals surface area (Å²) < 4.78 is 32.2. The van der Waals surface area contributed by atoms with Crippen LogP contribution in [0.4, 0.5) is 10.5 Å². The molecule has 0 unspecified atom stereocenters. The number of sulfone groups is 1. The van der Waals surface area contributed by atoms with E-state index in [1.165, 1.54) is 0 Å². The van der Waals surface area contributed by atoms with Crippen molar-refractivity contribution in [3.8, 4) is 0 Å². The quantitative estimate of drug-likeness (QED) is 0.645. The first-order valence-corrected chi connectivity index (χ1v) is 12.1. The Kier molecular flexibility index (Phi) is 5.62. The van der Waals surface area contributed by atoms with Crippen molar-refractivity contribution < 1.29 is 17.9 Å². The van der Waals surface area contributed by atoms with Crippen molar-refractivity contribution in [1.82, 2.24) is 15.1 Å².